The lowest BCUT2D eigenvalue weighted by Crippen LogP contribution is -2.30. The van der Waals surface area contributed by atoms with Crippen molar-refractivity contribution in [2.75, 3.05) is 19.8 Å². The van der Waals surface area contributed by atoms with E-state index in [0.29, 0.717) is 13.2 Å². The van der Waals surface area contributed by atoms with Crippen LogP contribution in [0.5, 0.6) is 11.5 Å². The first-order valence-corrected chi connectivity index (χ1v) is 10.4. The first-order chi connectivity index (χ1) is 13.2. The number of likely N-dealkylation sites (tertiary alicyclic amines) is 1. The molecule has 0 aliphatic carbocycles. The van der Waals surface area contributed by atoms with Gasteiger partial charge in [-0.25, -0.2) is 0 Å². The van der Waals surface area contributed by atoms with E-state index in [0.717, 1.165) is 47.7 Å². The van der Waals surface area contributed by atoms with Crippen molar-refractivity contribution in [3.63, 3.8) is 0 Å². The number of ketones is 1. The van der Waals surface area contributed by atoms with E-state index in [2.05, 4.69) is 0 Å². The van der Waals surface area contributed by atoms with Gasteiger partial charge in [0.1, 0.15) is 0 Å². The number of fused-ring (bicyclic) bond motifs is 1. The second kappa shape index (κ2) is 8.13. The van der Waals surface area contributed by atoms with E-state index >= 15 is 0 Å². The summed E-state index contributed by atoms with van der Waals surface area (Å²) in [7, 11) is 0. The number of thiophene rings is 1. The Kier molecular flexibility index (Phi) is 5.43. The van der Waals surface area contributed by atoms with Gasteiger partial charge >= 0.3 is 0 Å². The molecule has 27 heavy (non-hydrogen) atoms. The molecule has 6 heteroatoms. The van der Waals surface area contributed by atoms with E-state index in [4.69, 9.17) is 9.47 Å². The third kappa shape index (κ3) is 4.00. The van der Waals surface area contributed by atoms with E-state index in [1.807, 2.05) is 40.6 Å². The maximum Gasteiger partial charge on any atom is 0.223 e. The zero-order valence-electron chi connectivity index (χ0n) is 15.2. The lowest BCUT2D eigenvalue weighted by Gasteiger charge is -2.25. The number of benzene rings is 1. The molecule has 1 aromatic heterocycles. The molecule has 0 unspecified atom stereocenters. The van der Waals surface area contributed by atoms with Crippen LogP contribution in [0.4, 0.5) is 0 Å². The summed E-state index contributed by atoms with van der Waals surface area (Å²) in [6, 6.07) is 9.70. The largest absolute Gasteiger partial charge is 0.490 e. The summed E-state index contributed by atoms with van der Waals surface area (Å²) in [6.07, 6.45) is 3.31. The lowest BCUT2D eigenvalue weighted by molar-refractivity contribution is -0.132. The van der Waals surface area contributed by atoms with Gasteiger partial charge in [-0.3, -0.25) is 9.59 Å². The van der Waals surface area contributed by atoms with Gasteiger partial charge in [0.25, 0.3) is 0 Å². The highest BCUT2D eigenvalue weighted by molar-refractivity contribution is 7.12. The van der Waals surface area contributed by atoms with Gasteiger partial charge in [0.05, 0.1) is 24.1 Å². The number of hydrogen-bond donors (Lipinski definition) is 0. The van der Waals surface area contributed by atoms with Crippen molar-refractivity contribution < 1.29 is 19.1 Å². The molecule has 2 aromatic rings. The Bertz CT molecular complexity index is 818. The Morgan fingerprint density at radius 1 is 1.07 bits per heavy atom. The van der Waals surface area contributed by atoms with Gasteiger partial charge in [-0.05, 0) is 42.0 Å². The zero-order valence-corrected chi connectivity index (χ0v) is 16.0. The summed E-state index contributed by atoms with van der Waals surface area (Å²) in [5.74, 6) is 1.63. The summed E-state index contributed by atoms with van der Waals surface area (Å²) in [6.45, 7) is 2.05. The van der Waals surface area contributed by atoms with Crippen LogP contribution in [0, 0.1) is 0 Å². The summed E-state index contributed by atoms with van der Waals surface area (Å²) in [4.78, 5) is 27.6. The number of Topliss-reactive ketones (excluding diaryl/α,β-unsaturated/α-hetero) is 1. The van der Waals surface area contributed by atoms with Gasteiger partial charge in [-0.1, -0.05) is 12.1 Å². The van der Waals surface area contributed by atoms with Crippen LogP contribution in [0.25, 0.3) is 0 Å². The van der Waals surface area contributed by atoms with Crippen molar-refractivity contribution in [2.24, 2.45) is 0 Å². The average Bonchev–Trinajstić information content (AvgIpc) is 3.34. The topological polar surface area (TPSA) is 55.8 Å². The van der Waals surface area contributed by atoms with Gasteiger partial charge in [0.2, 0.25) is 5.91 Å². The Morgan fingerprint density at radius 2 is 1.93 bits per heavy atom. The molecule has 2 aliphatic rings. The van der Waals surface area contributed by atoms with Crippen LogP contribution < -0.4 is 9.47 Å². The number of hydrogen-bond acceptors (Lipinski definition) is 5. The normalized spacial score (nSPS) is 19.0. The second-order valence-electron chi connectivity index (χ2n) is 6.90. The molecule has 1 atom stereocenters. The highest BCUT2D eigenvalue weighted by Gasteiger charge is 2.30. The quantitative estimate of drug-likeness (QED) is 0.723. The average molecular weight is 385 g/mol. The summed E-state index contributed by atoms with van der Waals surface area (Å²) in [5.41, 5.74) is 1.08. The predicted octanol–water partition coefficient (Wildman–Crippen LogP) is 4.24. The van der Waals surface area contributed by atoms with Crippen LogP contribution in [0.3, 0.4) is 0 Å². The fourth-order valence-electron chi connectivity index (χ4n) is 3.72. The maximum absolute atomic E-state index is 12.8. The van der Waals surface area contributed by atoms with Gasteiger partial charge in [0.15, 0.2) is 17.3 Å². The van der Waals surface area contributed by atoms with E-state index in [-0.39, 0.29) is 30.6 Å². The van der Waals surface area contributed by atoms with Gasteiger partial charge in [-0.15, -0.1) is 11.3 Å². The Labute approximate surface area is 162 Å². The summed E-state index contributed by atoms with van der Waals surface area (Å²) in [5, 5.41) is 1.88. The van der Waals surface area contributed by atoms with Gasteiger partial charge in [0, 0.05) is 25.8 Å². The van der Waals surface area contributed by atoms with Gasteiger partial charge in [-0.2, -0.15) is 0 Å². The molecule has 0 saturated carbocycles. The van der Waals surface area contributed by atoms with Crippen molar-refractivity contribution >= 4 is 23.0 Å². The number of carbonyl (C=O) groups is 2. The maximum atomic E-state index is 12.8. The molecular formula is C21H23NO4S. The molecule has 1 amide bonds. The van der Waals surface area contributed by atoms with E-state index in [1.165, 1.54) is 11.3 Å². The molecule has 1 saturated heterocycles. The molecule has 4 rings (SSSR count). The Hall–Kier alpha value is -2.34. The molecule has 0 spiro atoms. The molecule has 142 valence electrons. The van der Waals surface area contributed by atoms with Crippen LogP contribution in [0.1, 0.15) is 53.4 Å². The molecular weight excluding hydrogens is 362 g/mol. The van der Waals surface area contributed by atoms with Crippen molar-refractivity contribution in [1.29, 1.82) is 0 Å². The van der Waals surface area contributed by atoms with Crippen LogP contribution in [-0.2, 0) is 4.79 Å². The highest BCUT2D eigenvalue weighted by atomic mass is 32.1. The molecule has 1 aromatic carbocycles. The SMILES string of the molecule is O=C(CCC(=O)N1CCC[C@@H]1c1ccc2c(c1)OCCCO2)c1cccs1. The highest BCUT2D eigenvalue weighted by Crippen LogP contribution is 2.38. The smallest absolute Gasteiger partial charge is 0.223 e. The minimum absolute atomic E-state index is 0.0460. The number of amides is 1. The zero-order chi connectivity index (χ0) is 18.6. The lowest BCUT2D eigenvalue weighted by atomic mass is 10.0. The van der Waals surface area contributed by atoms with Crippen molar-refractivity contribution in [1.82, 2.24) is 4.90 Å². The minimum atomic E-state index is 0.0460. The minimum Gasteiger partial charge on any atom is -0.490 e. The van der Waals surface area contributed by atoms with Crippen LogP contribution in [0.15, 0.2) is 35.7 Å². The van der Waals surface area contributed by atoms with Crippen LogP contribution in [0.2, 0.25) is 0 Å². The molecule has 0 bridgehead atoms. The third-order valence-electron chi connectivity index (χ3n) is 5.09. The second-order valence-corrected chi connectivity index (χ2v) is 7.85. The van der Waals surface area contributed by atoms with E-state index < -0.39 is 0 Å². The number of carbonyl (C=O) groups excluding carboxylic acids is 2. The van der Waals surface area contributed by atoms with E-state index in [9.17, 15) is 9.59 Å². The van der Waals surface area contributed by atoms with Crippen LogP contribution >= 0.6 is 11.3 Å². The molecule has 0 radical (unpaired) electrons. The third-order valence-corrected chi connectivity index (χ3v) is 6.00. The fourth-order valence-corrected chi connectivity index (χ4v) is 4.42. The molecule has 3 heterocycles. The van der Waals surface area contributed by atoms with Crippen molar-refractivity contribution in [3.05, 3.63) is 46.2 Å². The summed E-state index contributed by atoms with van der Waals surface area (Å²) >= 11 is 1.43. The monoisotopic (exact) mass is 385 g/mol. The number of ether oxygens (including phenoxy) is 2. The fraction of sp³-hybridized carbons (Fsp3) is 0.429. The first-order valence-electron chi connectivity index (χ1n) is 9.48. The van der Waals surface area contributed by atoms with Crippen molar-refractivity contribution in [2.45, 2.75) is 38.1 Å². The predicted molar refractivity (Wildman–Crippen MR) is 104 cm³/mol. The van der Waals surface area contributed by atoms with E-state index in [1.54, 1.807) is 0 Å². The molecule has 1 fully saturated rings. The van der Waals surface area contributed by atoms with Crippen LogP contribution in [-0.4, -0.2) is 36.3 Å². The summed E-state index contributed by atoms with van der Waals surface area (Å²) < 4.78 is 11.5. The Morgan fingerprint density at radius 3 is 2.74 bits per heavy atom. The first kappa shape index (κ1) is 18.0. The molecule has 2 aliphatic heterocycles. The molecule has 0 N–H and O–H groups in total. The number of nitrogens with zero attached hydrogens (tertiary/aromatic N) is 1. The van der Waals surface area contributed by atoms with Crippen molar-refractivity contribution in [3.8, 4) is 11.5 Å². The Balaban J connectivity index is 1.43. The number of rotatable bonds is 5. The van der Waals surface area contributed by atoms with Gasteiger partial charge < -0.3 is 14.4 Å². The molecule has 5 nitrogen and oxygen atoms in total. The standard InChI is InChI=1S/C21H23NO4S/c23-17(20-5-2-13-27-20)7-9-21(24)22-10-1-4-16(22)15-6-8-18-19(14-15)26-12-3-11-25-18/h2,5-6,8,13-14,16H,1,3-4,7,9-12H2/t16-/m1/s1.